The van der Waals surface area contributed by atoms with Crippen molar-refractivity contribution in [3.05, 3.63) is 126 Å². The van der Waals surface area contributed by atoms with Gasteiger partial charge in [0.15, 0.2) is 0 Å². The van der Waals surface area contributed by atoms with Gasteiger partial charge in [0.25, 0.3) is 0 Å². The molecule has 2 heteroatoms. The predicted octanol–water partition coefficient (Wildman–Crippen LogP) is 12.4. The van der Waals surface area contributed by atoms with E-state index in [9.17, 15) is 0 Å². The van der Waals surface area contributed by atoms with E-state index in [2.05, 4.69) is 128 Å². The van der Waals surface area contributed by atoms with Crippen LogP contribution < -0.4 is 10.6 Å². The van der Waals surface area contributed by atoms with Crippen LogP contribution in [0.15, 0.2) is 109 Å². The van der Waals surface area contributed by atoms with Crippen LogP contribution in [0, 0.1) is 5.92 Å². The average Bonchev–Trinajstić information content (AvgIpc) is 3.04. The summed E-state index contributed by atoms with van der Waals surface area (Å²) in [6.07, 6.45) is 18.7. The van der Waals surface area contributed by atoms with E-state index in [1.54, 1.807) is 0 Å². The maximum absolute atomic E-state index is 3.69. The van der Waals surface area contributed by atoms with Crippen molar-refractivity contribution in [1.82, 2.24) is 0 Å². The molecule has 2 N–H and O–H groups in total. The zero-order valence-corrected chi connectivity index (χ0v) is 27.4. The largest absolute Gasteiger partial charge is 0.383 e. The second-order valence-electron chi connectivity index (χ2n) is 13.0. The molecule has 234 valence electrons. The topological polar surface area (TPSA) is 24.1 Å². The van der Waals surface area contributed by atoms with Crippen molar-refractivity contribution >= 4 is 17.1 Å². The van der Waals surface area contributed by atoms with E-state index in [0.29, 0.717) is 6.04 Å². The van der Waals surface area contributed by atoms with Crippen LogP contribution in [0.3, 0.4) is 0 Å². The van der Waals surface area contributed by atoms with E-state index in [1.165, 1.54) is 106 Å². The molecular formula is C42H56N2. The molecule has 2 nitrogen and oxygen atoms in total. The Bertz CT molecular complexity index is 1160. The smallest absolute Gasteiger partial charge is 0.0384 e. The predicted molar refractivity (Wildman–Crippen MR) is 193 cm³/mol. The SMILES string of the molecule is CC(CCCCCCCCCCCCC(C)Nc1ccc(Cc2ccccc2)cc1)Cc1ccc(Nc2ccccc2)cc1. The third-order valence-electron chi connectivity index (χ3n) is 8.80. The summed E-state index contributed by atoms with van der Waals surface area (Å²) in [5.74, 6) is 0.756. The van der Waals surface area contributed by atoms with Crippen LogP contribution in [0.4, 0.5) is 17.1 Å². The van der Waals surface area contributed by atoms with E-state index in [4.69, 9.17) is 0 Å². The molecule has 0 radical (unpaired) electrons. The molecule has 0 heterocycles. The highest BCUT2D eigenvalue weighted by Crippen LogP contribution is 2.21. The maximum Gasteiger partial charge on any atom is 0.0384 e. The Hall–Kier alpha value is -3.52. The second-order valence-corrected chi connectivity index (χ2v) is 13.0. The second kappa shape index (κ2) is 19.7. The molecule has 0 amide bonds. The molecule has 4 aromatic carbocycles. The molecule has 0 fully saturated rings. The summed E-state index contributed by atoms with van der Waals surface area (Å²) in [5.41, 5.74) is 7.73. The lowest BCUT2D eigenvalue weighted by Crippen LogP contribution is -2.14. The van der Waals surface area contributed by atoms with Crippen LogP contribution in [0.1, 0.15) is 108 Å². The van der Waals surface area contributed by atoms with Crippen molar-refractivity contribution < 1.29 is 0 Å². The summed E-state index contributed by atoms with van der Waals surface area (Å²) >= 11 is 0. The third kappa shape index (κ3) is 13.4. The van der Waals surface area contributed by atoms with Crippen LogP contribution >= 0.6 is 0 Å². The molecule has 0 bridgehead atoms. The zero-order chi connectivity index (χ0) is 30.7. The molecule has 0 aromatic heterocycles. The van der Waals surface area contributed by atoms with E-state index >= 15 is 0 Å². The maximum atomic E-state index is 3.69. The molecule has 4 aromatic rings. The van der Waals surface area contributed by atoms with Crippen molar-refractivity contribution in [3.63, 3.8) is 0 Å². The standard InChI is InChI=1S/C42H56N2/c1-35(33-38-25-31-42(32-26-38)44-40-23-17-12-18-24-40)19-13-9-7-5-3-4-6-8-10-14-20-36(2)43-41-29-27-39(28-30-41)34-37-21-15-11-16-22-37/h11-12,15-18,21-32,35-36,43-44H,3-10,13-14,19-20,33-34H2,1-2H3. The van der Waals surface area contributed by atoms with Crippen molar-refractivity contribution in [2.24, 2.45) is 5.92 Å². The number of hydrogen-bond donors (Lipinski definition) is 2. The fraction of sp³-hybridized carbons (Fsp3) is 0.429. The van der Waals surface area contributed by atoms with Gasteiger partial charge in [-0.2, -0.15) is 0 Å². The molecule has 44 heavy (non-hydrogen) atoms. The fourth-order valence-electron chi connectivity index (χ4n) is 6.18. The van der Waals surface area contributed by atoms with Gasteiger partial charge in [-0.3, -0.25) is 0 Å². The van der Waals surface area contributed by atoms with Crippen molar-refractivity contribution in [2.75, 3.05) is 10.6 Å². The number of benzene rings is 4. The number of para-hydroxylation sites is 1. The van der Waals surface area contributed by atoms with Gasteiger partial charge < -0.3 is 10.6 Å². The molecular weight excluding hydrogens is 532 g/mol. The summed E-state index contributed by atoms with van der Waals surface area (Å²) in [5, 5.41) is 7.17. The highest BCUT2D eigenvalue weighted by atomic mass is 14.9. The molecule has 4 rings (SSSR count). The lowest BCUT2D eigenvalue weighted by Gasteiger charge is -2.15. The van der Waals surface area contributed by atoms with Gasteiger partial charge in [0.2, 0.25) is 0 Å². The summed E-state index contributed by atoms with van der Waals surface area (Å²) in [4.78, 5) is 0. The van der Waals surface area contributed by atoms with Crippen molar-refractivity contribution in [1.29, 1.82) is 0 Å². The van der Waals surface area contributed by atoms with E-state index in [0.717, 1.165) is 23.7 Å². The highest BCUT2D eigenvalue weighted by Gasteiger charge is 2.06. The summed E-state index contributed by atoms with van der Waals surface area (Å²) in [7, 11) is 0. The first-order chi connectivity index (χ1) is 21.6. The minimum Gasteiger partial charge on any atom is -0.383 e. The van der Waals surface area contributed by atoms with Gasteiger partial charge in [0.1, 0.15) is 0 Å². The van der Waals surface area contributed by atoms with Crippen LogP contribution in [-0.4, -0.2) is 6.04 Å². The number of rotatable bonds is 21. The van der Waals surface area contributed by atoms with Crippen LogP contribution in [0.5, 0.6) is 0 Å². The quantitative estimate of drug-likeness (QED) is 0.0946. The number of unbranched alkanes of at least 4 members (excludes halogenated alkanes) is 9. The first-order valence-corrected chi connectivity index (χ1v) is 17.4. The molecule has 0 aliphatic heterocycles. The van der Waals surface area contributed by atoms with Crippen molar-refractivity contribution in [3.8, 4) is 0 Å². The first kappa shape index (κ1) is 33.4. The van der Waals surface area contributed by atoms with Crippen molar-refractivity contribution in [2.45, 2.75) is 110 Å². The van der Waals surface area contributed by atoms with Gasteiger partial charge in [-0.05, 0) is 85.2 Å². The van der Waals surface area contributed by atoms with Gasteiger partial charge >= 0.3 is 0 Å². The Morgan fingerprint density at radius 3 is 1.50 bits per heavy atom. The van der Waals surface area contributed by atoms with Crippen LogP contribution in [0.25, 0.3) is 0 Å². The minimum absolute atomic E-state index is 0.528. The van der Waals surface area contributed by atoms with E-state index in [1.807, 2.05) is 6.07 Å². The minimum atomic E-state index is 0.528. The Kier molecular flexibility index (Phi) is 14.9. The zero-order valence-electron chi connectivity index (χ0n) is 27.4. The van der Waals surface area contributed by atoms with E-state index < -0.39 is 0 Å². The lowest BCUT2D eigenvalue weighted by atomic mass is 9.95. The Morgan fingerprint density at radius 1 is 0.432 bits per heavy atom. The lowest BCUT2D eigenvalue weighted by molar-refractivity contribution is 0.476. The molecule has 2 unspecified atom stereocenters. The number of anilines is 3. The van der Waals surface area contributed by atoms with Gasteiger partial charge in [0.05, 0.1) is 0 Å². The molecule has 0 aliphatic carbocycles. The van der Waals surface area contributed by atoms with E-state index in [-0.39, 0.29) is 0 Å². The van der Waals surface area contributed by atoms with Gasteiger partial charge in [-0.25, -0.2) is 0 Å². The number of hydrogen-bond acceptors (Lipinski definition) is 2. The van der Waals surface area contributed by atoms with Gasteiger partial charge in [-0.1, -0.05) is 150 Å². The average molecular weight is 589 g/mol. The monoisotopic (exact) mass is 588 g/mol. The fourth-order valence-corrected chi connectivity index (χ4v) is 6.18. The normalized spacial score (nSPS) is 12.5. The number of nitrogens with one attached hydrogen (secondary N) is 2. The summed E-state index contributed by atoms with van der Waals surface area (Å²) in [6.45, 7) is 4.73. The summed E-state index contributed by atoms with van der Waals surface area (Å²) in [6, 6.07) is 39.6. The highest BCUT2D eigenvalue weighted by molar-refractivity contribution is 5.59. The van der Waals surface area contributed by atoms with Gasteiger partial charge in [0, 0.05) is 23.1 Å². The molecule has 0 aliphatic rings. The third-order valence-corrected chi connectivity index (χ3v) is 8.80. The van der Waals surface area contributed by atoms with Crippen LogP contribution in [-0.2, 0) is 12.8 Å². The Labute approximate surface area is 268 Å². The molecule has 2 atom stereocenters. The first-order valence-electron chi connectivity index (χ1n) is 17.4. The molecule has 0 saturated carbocycles. The molecule has 0 saturated heterocycles. The summed E-state index contributed by atoms with van der Waals surface area (Å²) < 4.78 is 0. The van der Waals surface area contributed by atoms with Crippen LogP contribution in [0.2, 0.25) is 0 Å². The Morgan fingerprint density at radius 2 is 0.886 bits per heavy atom. The Balaban J connectivity index is 0.935. The molecule has 0 spiro atoms. The van der Waals surface area contributed by atoms with Gasteiger partial charge in [-0.15, -0.1) is 0 Å².